The summed E-state index contributed by atoms with van der Waals surface area (Å²) >= 11 is 0. The summed E-state index contributed by atoms with van der Waals surface area (Å²) in [7, 11) is 3.77. The minimum Gasteiger partial charge on any atom is -0.496 e. The molecule has 0 radical (unpaired) electrons. The summed E-state index contributed by atoms with van der Waals surface area (Å²) < 4.78 is 11.0. The summed E-state index contributed by atoms with van der Waals surface area (Å²) in [6, 6.07) is 0.456. The molecule has 1 aromatic rings. The van der Waals surface area contributed by atoms with Crippen LogP contribution in [-0.4, -0.2) is 38.4 Å². The number of ether oxygens (including phenoxy) is 2. The Morgan fingerprint density at radius 2 is 2.10 bits per heavy atom. The molecule has 1 aliphatic rings. The molecule has 1 N–H and O–H groups in total. The van der Waals surface area contributed by atoms with Gasteiger partial charge in [0.2, 0.25) is 0 Å². The van der Waals surface area contributed by atoms with Crippen molar-refractivity contribution in [3.63, 3.8) is 0 Å². The number of hydrogen-bond donors (Lipinski definition) is 1. The van der Waals surface area contributed by atoms with Crippen molar-refractivity contribution < 1.29 is 9.47 Å². The molecule has 0 amide bonds. The van der Waals surface area contributed by atoms with Gasteiger partial charge >= 0.3 is 0 Å². The lowest BCUT2D eigenvalue weighted by Gasteiger charge is -2.30. The van der Waals surface area contributed by atoms with Gasteiger partial charge < -0.3 is 14.8 Å². The van der Waals surface area contributed by atoms with Gasteiger partial charge in [0.15, 0.2) is 0 Å². The molecule has 0 bridgehead atoms. The molecule has 0 saturated carbocycles. The van der Waals surface area contributed by atoms with Gasteiger partial charge in [-0.2, -0.15) is 0 Å². The minimum absolute atomic E-state index is 0.456. The molecule has 1 unspecified atom stereocenters. The van der Waals surface area contributed by atoms with Gasteiger partial charge in [-0.05, 0) is 39.7 Å². The lowest BCUT2D eigenvalue weighted by atomic mass is 9.88. The SMILES string of the molecule is CNC(Cc1ncc(C)c(OC)c1C)C1CCOCC1. The van der Waals surface area contributed by atoms with E-state index >= 15 is 0 Å². The lowest BCUT2D eigenvalue weighted by Crippen LogP contribution is -2.39. The summed E-state index contributed by atoms with van der Waals surface area (Å²) in [5, 5.41) is 3.46. The predicted molar refractivity (Wildman–Crippen MR) is 80.4 cm³/mol. The number of aryl methyl sites for hydroxylation is 1. The molecule has 1 saturated heterocycles. The zero-order valence-electron chi connectivity index (χ0n) is 13.0. The molecule has 1 aromatic heterocycles. The summed E-state index contributed by atoms with van der Waals surface area (Å²) in [4.78, 5) is 4.62. The molecule has 0 aromatic carbocycles. The fourth-order valence-corrected chi connectivity index (χ4v) is 3.11. The number of hydrogen-bond acceptors (Lipinski definition) is 4. The van der Waals surface area contributed by atoms with Crippen LogP contribution in [0, 0.1) is 19.8 Å². The van der Waals surface area contributed by atoms with Crippen molar-refractivity contribution in [2.75, 3.05) is 27.4 Å². The number of pyridine rings is 1. The zero-order chi connectivity index (χ0) is 14.5. The first-order chi connectivity index (χ1) is 9.67. The Labute approximate surface area is 121 Å². The van der Waals surface area contributed by atoms with Crippen LogP contribution in [0.3, 0.4) is 0 Å². The maximum atomic E-state index is 5.50. The molecule has 0 spiro atoms. The number of methoxy groups -OCH3 is 1. The molecule has 4 nitrogen and oxygen atoms in total. The highest BCUT2D eigenvalue weighted by Gasteiger charge is 2.24. The van der Waals surface area contributed by atoms with E-state index in [9.17, 15) is 0 Å². The standard InChI is InChI=1S/C16H26N2O2/c1-11-10-18-14(12(2)16(11)19-4)9-15(17-3)13-5-7-20-8-6-13/h10,13,15,17H,5-9H2,1-4H3. The molecule has 0 aliphatic carbocycles. The molecule has 1 atom stereocenters. The molecular formula is C16H26N2O2. The van der Waals surface area contributed by atoms with E-state index in [-0.39, 0.29) is 0 Å². The van der Waals surface area contributed by atoms with Gasteiger partial charge in [-0.3, -0.25) is 4.98 Å². The van der Waals surface area contributed by atoms with E-state index in [0.29, 0.717) is 12.0 Å². The van der Waals surface area contributed by atoms with Crippen molar-refractivity contribution in [1.29, 1.82) is 0 Å². The van der Waals surface area contributed by atoms with E-state index < -0.39 is 0 Å². The van der Waals surface area contributed by atoms with Gasteiger partial charge in [-0.25, -0.2) is 0 Å². The topological polar surface area (TPSA) is 43.4 Å². The summed E-state index contributed by atoms with van der Waals surface area (Å²) in [6.07, 6.45) is 5.13. The Balaban J connectivity index is 2.14. The molecule has 2 rings (SSSR count). The van der Waals surface area contributed by atoms with E-state index in [1.165, 1.54) is 5.56 Å². The smallest absolute Gasteiger partial charge is 0.128 e. The predicted octanol–water partition coefficient (Wildman–Crippen LogP) is 2.26. The first-order valence-electron chi connectivity index (χ1n) is 7.41. The van der Waals surface area contributed by atoms with Gasteiger partial charge in [0.1, 0.15) is 5.75 Å². The molecule has 20 heavy (non-hydrogen) atoms. The van der Waals surface area contributed by atoms with E-state index in [1.54, 1.807) is 7.11 Å². The monoisotopic (exact) mass is 278 g/mol. The molecule has 1 fully saturated rings. The largest absolute Gasteiger partial charge is 0.496 e. The maximum Gasteiger partial charge on any atom is 0.128 e. The van der Waals surface area contributed by atoms with Crippen molar-refractivity contribution in [2.24, 2.45) is 5.92 Å². The van der Waals surface area contributed by atoms with Crippen LogP contribution in [0.1, 0.15) is 29.7 Å². The Bertz CT molecular complexity index is 442. The Hall–Kier alpha value is -1.13. The number of aromatic nitrogens is 1. The van der Waals surface area contributed by atoms with Crippen molar-refractivity contribution >= 4 is 0 Å². The van der Waals surface area contributed by atoms with E-state index in [2.05, 4.69) is 17.2 Å². The highest BCUT2D eigenvalue weighted by molar-refractivity contribution is 5.41. The highest BCUT2D eigenvalue weighted by Crippen LogP contribution is 2.27. The van der Waals surface area contributed by atoms with Crippen LogP contribution >= 0.6 is 0 Å². The summed E-state index contributed by atoms with van der Waals surface area (Å²) in [6.45, 7) is 5.90. The van der Waals surface area contributed by atoms with Crippen molar-refractivity contribution in [3.05, 3.63) is 23.0 Å². The highest BCUT2D eigenvalue weighted by atomic mass is 16.5. The molecular weight excluding hydrogens is 252 g/mol. The summed E-state index contributed by atoms with van der Waals surface area (Å²) in [5.74, 6) is 1.64. The van der Waals surface area contributed by atoms with Crippen molar-refractivity contribution in [3.8, 4) is 5.75 Å². The second-order valence-corrected chi connectivity index (χ2v) is 5.60. The molecule has 2 heterocycles. The average molecular weight is 278 g/mol. The number of rotatable bonds is 5. The second-order valence-electron chi connectivity index (χ2n) is 5.60. The Morgan fingerprint density at radius 3 is 2.70 bits per heavy atom. The number of likely N-dealkylation sites (N-methyl/N-ethyl adjacent to an activating group) is 1. The van der Waals surface area contributed by atoms with Crippen LogP contribution in [-0.2, 0) is 11.2 Å². The third kappa shape index (κ3) is 3.30. The van der Waals surface area contributed by atoms with Crippen LogP contribution in [0.25, 0.3) is 0 Å². The maximum absolute atomic E-state index is 5.50. The van der Waals surface area contributed by atoms with Crippen LogP contribution in [0.15, 0.2) is 6.20 Å². The van der Waals surface area contributed by atoms with Crippen LogP contribution in [0.2, 0.25) is 0 Å². The summed E-state index contributed by atoms with van der Waals surface area (Å²) in [5.41, 5.74) is 3.40. The fraction of sp³-hybridized carbons (Fsp3) is 0.688. The fourth-order valence-electron chi connectivity index (χ4n) is 3.11. The van der Waals surface area contributed by atoms with Crippen LogP contribution < -0.4 is 10.1 Å². The average Bonchev–Trinajstić information content (AvgIpc) is 2.48. The third-order valence-corrected chi connectivity index (χ3v) is 4.37. The number of nitrogens with one attached hydrogen (secondary N) is 1. The number of nitrogens with zero attached hydrogens (tertiary/aromatic N) is 1. The van der Waals surface area contributed by atoms with Gasteiger partial charge in [0, 0.05) is 48.7 Å². The minimum atomic E-state index is 0.456. The van der Waals surface area contributed by atoms with Gasteiger partial charge in [-0.15, -0.1) is 0 Å². The van der Waals surface area contributed by atoms with Crippen molar-refractivity contribution in [1.82, 2.24) is 10.3 Å². The molecule has 112 valence electrons. The molecule has 4 heteroatoms. The molecule has 1 aliphatic heterocycles. The third-order valence-electron chi connectivity index (χ3n) is 4.37. The first kappa shape index (κ1) is 15.3. The normalized spacial score (nSPS) is 18.0. The van der Waals surface area contributed by atoms with Crippen LogP contribution in [0.5, 0.6) is 5.75 Å². The van der Waals surface area contributed by atoms with Gasteiger partial charge in [-0.1, -0.05) is 0 Å². The zero-order valence-corrected chi connectivity index (χ0v) is 13.0. The quantitative estimate of drug-likeness (QED) is 0.897. The van der Waals surface area contributed by atoms with E-state index in [1.807, 2.05) is 20.2 Å². The first-order valence-corrected chi connectivity index (χ1v) is 7.41. The van der Waals surface area contributed by atoms with E-state index in [4.69, 9.17) is 9.47 Å². The second kappa shape index (κ2) is 7.04. The van der Waals surface area contributed by atoms with Gasteiger partial charge in [0.25, 0.3) is 0 Å². The Morgan fingerprint density at radius 1 is 1.40 bits per heavy atom. The van der Waals surface area contributed by atoms with E-state index in [0.717, 1.165) is 49.5 Å². The van der Waals surface area contributed by atoms with Gasteiger partial charge in [0.05, 0.1) is 7.11 Å². The lowest BCUT2D eigenvalue weighted by molar-refractivity contribution is 0.0546. The van der Waals surface area contributed by atoms with Crippen molar-refractivity contribution in [2.45, 2.75) is 39.2 Å². The van der Waals surface area contributed by atoms with Crippen LogP contribution in [0.4, 0.5) is 0 Å². The Kier molecular flexibility index (Phi) is 5.38.